The number of imidazole rings is 1. The summed E-state index contributed by atoms with van der Waals surface area (Å²) in [4.78, 5) is 25.1. The number of benzene rings is 1. The number of aromatic nitrogens is 2. The molecule has 1 amide bonds. The highest BCUT2D eigenvalue weighted by molar-refractivity contribution is 5.78. The molecule has 6 nitrogen and oxygen atoms in total. The summed E-state index contributed by atoms with van der Waals surface area (Å²) in [5.74, 6) is -0.102. The van der Waals surface area contributed by atoms with Crippen LogP contribution >= 0.6 is 0 Å². The van der Waals surface area contributed by atoms with Crippen molar-refractivity contribution in [2.45, 2.75) is 64.1 Å². The van der Waals surface area contributed by atoms with Crippen LogP contribution < -0.4 is 11.0 Å². The minimum Gasteiger partial charge on any atom is -0.394 e. The van der Waals surface area contributed by atoms with Gasteiger partial charge in [-0.3, -0.25) is 13.9 Å². The molecule has 2 N–H and O–H groups in total. The van der Waals surface area contributed by atoms with Crippen molar-refractivity contribution >= 4 is 16.9 Å². The summed E-state index contributed by atoms with van der Waals surface area (Å²) in [5, 5.41) is 12.6. The zero-order chi connectivity index (χ0) is 17.9. The molecule has 1 aliphatic carbocycles. The van der Waals surface area contributed by atoms with Crippen LogP contribution in [0, 0.1) is 0 Å². The molecular weight excluding hydrogens is 318 g/mol. The van der Waals surface area contributed by atoms with Gasteiger partial charge in [-0.1, -0.05) is 31.9 Å². The van der Waals surface area contributed by atoms with Gasteiger partial charge in [-0.25, -0.2) is 4.79 Å². The third kappa shape index (κ3) is 3.49. The van der Waals surface area contributed by atoms with Crippen LogP contribution in [-0.2, 0) is 17.9 Å². The van der Waals surface area contributed by atoms with E-state index in [1.54, 1.807) is 9.13 Å². The molecule has 1 heterocycles. The summed E-state index contributed by atoms with van der Waals surface area (Å²) in [6.07, 6.45) is 4.83. The minimum absolute atomic E-state index is 0.0193. The Hall–Kier alpha value is -2.08. The summed E-state index contributed by atoms with van der Waals surface area (Å²) in [6, 6.07) is 7.71. The summed E-state index contributed by atoms with van der Waals surface area (Å²) in [6.45, 7) is 3.05. The van der Waals surface area contributed by atoms with Gasteiger partial charge in [0.1, 0.15) is 0 Å². The lowest BCUT2D eigenvalue weighted by molar-refractivity contribution is -0.123. The van der Waals surface area contributed by atoms with Crippen LogP contribution in [0.2, 0.25) is 0 Å². The van der Waals surface area contributed by atoms with E-state index in [0.717, 1.165) is 43.1 Å². The predicted molar refractivity (Wildman–Crippen MR) is 97.5 cm³/mol. The van der Waals surface area contributed by atoms with Gasteiger partial charge in [0.05, 0.1) is 23.2 Å². The second kappa shape index (κ2) is 7.44. The Morgan fingerprint density at radius 1 is 1.16 bits per heavy atom. The molecule has 0 spiro atoms. The van der Waals surface area contributed by atoms with E-state index < -0.39 is 5.54 Å². The number of nitrogens with zero attached hydrogens (tertiary/aromatic N) is 2. The molecule has 1 saturated carbocycles. The summed E-state index contributed by atoms with van der Waals surface area (Å²) in [7, 11) is 0. The van der Waals surface area contributed by atoms with E-state index in [9.17, 15) is 14.7 Å². The van der Waals surface area contributed by atoms with E-state index in [1.165, 1.54) is 0 Å². The van der Waals surface area contributed by atoms with Crippen molar-refractivity contribution in [3.05, 3.63) is 34.7 Å². The molecule has 0 unspecified atom stereocenters. The largest absolute Gasteiger partial charge is 0.394 e. The van der Waals surface area contributed by atoms with E-state index >= 15 is 0 Å². The van der Waals surface area contributed by atoms with Crippen molar-refractivity contribution in [3.8, 4) is 0 Å². The number of aliphatic hydroxyl groups is 1. The number of hydrogen-bond acceptors (Lipinski definition) is 3. The number of aliphatic hydroxyl groups excluding tert-OH is 1. The number of hydrogen-bond donors (Lipinski definition) is 2. The monoisotopic (exact) mass is 345 g/mol. The Morgan fingerprint density at radius 3 is 2.32 bits per heavy atom. The lowest BCUT2D eigenvalue weighted by Crippen LogP contribution is -2.49. The lowest BCUT2D eigenvalue weighted by Gasteiger charge is -2.28. The Kier molecular flexibility index (Phi) is 5.27. The molecule has 0 bridgehead atoms. The molecule has 1 aromatic heterocycles. The van der Waals surface area contributed by atoms with Crippen LogP contribution in [0.5, 0.6) is 0 Å². The fraction of sp³-hybridized carbons (Fsp3) is 0.579. The molecule has 1 fully saturated rings. The number of aryl methyl sites for hydroxylation is 2. The smallest absolute Gasteiger partial charge is 0.329 e. The third-order valence-corrected chi connectivity index (χ3v) is 5.20. The Balaban J connectivity index is 1.76. The predicted octanol–water partition coefficient (Wildman–Crippen LogP) is 2.02. The lowest BCUT2D eigenvalue weighted by atomic mass is 9.99. The molecule has 1 aromatic carbocycles. The van der Waals surface area contributed by atoms with Crippen LogP contribution in [0.25, 0.3) is 11.0 Å². The van der Waals surface area contributed by atoms with Gasteiger partial charge in [0.2, 0.25) is 5.91 Å². The van der Waals surface area contributed by atoms with Crippen molar-refractivity contribution < 1.29 is 9.90 Å². The molecular formula is C19H27N3O3. The minimum atomic E-state index is -0.460. The third-order valence-electron chi connectivity index (χ3n) is 5.20. The van der Waals surface area contributed by atoms with E-state index in [1.807, 2.05) is 31.2 Å². The quantitative estimate of drug-likeness (QED) is 0.806. The molecule has 0 saturated heterocycles. The molecule has 6 heteroatoms. The fourth-order valence-electron chi connectivity index (χ4n) is 3.87. The number of carbonyl (C=O) groups excluding carboxylic acids is 1. The van der Waals surface area contributed by atoms with Crippen molar-refractivity contribution in [1.82, 2.24) is 14.5 Å². The van der Waals surface area contributed by atoms with Crippen molar-refractivity contribution in [3.63, 3.8) is 0 Å². The van der Waals surface area contributed by atoms with Crippen molar-refractivity contribution in [1.29, 1.82) is 0 Å². The molecule has 1 aliphatic rings. The van der Waals surface area contributed by atoms with Gasteiger partial charge in [0.15, 0.2) is 0 Å². The number of amides is 1. The topological polar surface area (TPSA) is 76.3 Å². The first-order valence-electron chi connectivity index (χ1n) is 9.20. The Bertz CT molecular complexity index is 800. The molecule has 25 heavy (non-hydrogen) atoms. The zero-order valence-corrected chi connectivity index (χ0v) is 14.8. The highest BCUT2D eigenvalue weighted by atomic mass is 16.3. The number of carbonyl (C=O) groups is 1. The second-order valence-electron chi connectivity index (χ2n) is 7.02. The number of nitrogens with one attached hydrogen (secondary N) is 1. The van der Waals surface area contributed by atoms with Gasteiger partial charge in [-0.15, -0.1) is 0 Å². The number of fused-ring (bicyclic) bond motifs is 1. The van der Waals surface area contributed by atoms with Crippen LogP contribution in [0.15, 0.2) is 29.1 Å². The maximum absolute atomic E-state index is 12.7. The van der Waals surface area contributed by atoms with E-state index in [0.29, 0.717) is 13.1 Å². The van der Waals surface area contributed by atoms with Crippen LogP contribution in [0.1, 0.15) is 45.4 Å². The van der Waals surface area contributed by atoms with E-state index in [-0.39, 0.29) is 24.6 Å². The van der Waals surface area contributed by atoms with Crippen LogP contribution in [-0.4, -0.2) is 32.3 Å². The number of rotatable bonds is 7. The summed E-state index contributed by atoms with van der Waals surface area (Å²) in [5.41, 5.74) is 1.26. The fourth-order valence-corrected chi connectivity index (χ4v) is 3.87. The zero-order valence-electron chi connectivity index (χ0n) is 14.8. The summed E-state index contributed by atoms with van der Waals surface area (Å²) < 4.78 is 3.46. The van der Waals surface area contributed by atoms with Gasteiger partial charge in [-0.2, -0.15) is 0 Å². The SMILES string of the molecule is CCCn1c(=O)n(CCC(=O)NC2(CO)CCCC2)c2ccccc21. The van der Waals surface area contributed by atoms with Gasteiger partial charge >= 0.3 is 5.69 Å². The summed E-state index contributed by atoms with van der Waals surface area (Å²) >= 11 is 0. The molecule has 0 radical (unpaired) electrons. The highest BCUT2D eigenvalue weighted by Crippen LogP contribution is 2.29. The molecule has 2 aromatic rings. The number of para-hydroxylation sites is 2. The molecule has 3 rings (SSSR count). The first-order chi connectivity index (χ1) is 12.1. The Labute approximate surface area is 147 Å². The Morgan fingerprint density at radius 2 is 1.76 bits per heavy atom. The van der Waals surface area contributed by atoms with Gasteiger partial charge in [0, 0.05) is 19.5 Å². The van der Waals surface area contributed by atoms with Crippen LogP contribution in [0.4, 0.5) is 0 Å². The van der Waals surface area contributed by atoms with Gasteiger partial charge < -0.3 is 10.4 Å². The molecule has 136 valence electrons. The van der Waals surface area contributed by atoms with Crippen molar-refractivity contribution in [2.75, 3.05) is 6.61 Å². The van der Waals surface area contributed by atoms with Gasteiger partial charge in [0.25, 0.3) is 0 Å². The van der Waals surface area contributed by atoms with E-state index in [4.69, 9.17) is 0 Å². The standard InChI is InChI=1S/C19H27N3O3/c1-2-12-21-15-7-3-4-8-16(15)22(18(21)25)13-9-17(24)20-19(14-23)10-5-6-11-19/h3-4,7-8,23H,2,5-6,9-14H2,1H3,(H,20,24). The average molecular weight is 345 g/mol. The normalized spacial score (nSPS) is 16.4. The van der Waals surface area contributed by atoms with Gasteiger partial charge in [-0.05, 0) is 31.4 Å². The molecule has 0 atom stereocenters. The second-order valence-corrected chi connectivity index (χ2v) is 7.02. The van der Waals surface area contributed by atoms with Crippen LogP contribution in [0.3, 0.4) is 0 Å². The van der Waals surface area contributed by atoms with Crippen molar-refractivity contribution in [2.24, 2.45) is 0 Å². The maximum atomic E-state index is 12.7. The maximum Gasteiger partial charge on any atom is 0.329 e. The first kappa shape index (κ1) is 17.7. The average Bonchev–Trinajstić information content (AvgIpc) is 3.18. The van der Waals surface area contributed by atoms with E-state index in [2.05, 4.69) is 5.32 Å². The molecule has 0 aliphatic heterocycles. The first-order valence-corrected chi connectivity index (χ1v) is 9.20. The highest BCUT2D eigenvalue weighted by Gasteiger charge is 2.34.